The van der Waals surface area contributed by atoms with Gasteiger partial charge in [0, 0.05) is 12.1 Å². The van der Waals surface area contributed by atoms with Crippen LogP contribution in [0.25, 0.3) is 0 Å². The van der Waals surface area contributed by atoms with Crippen molar-refractivity contribution in [2.75, 3.05) is 6.54 Å². The summed E-state index contributed by atoms with van der Waals surface area (Å²) >= 11 is 0. The maximum absolute atomic E-state index is 11.7. The number of hydrogen-bond donors (Lipinski definition) is 2. The van der Waals surface area contributed by atoms with Crippen molar-refractivity contribution < 1.29 is 14.7 Å². The van der Waals surface area contributed by atoms with Crippen LogP contribution in [0.1, 0.15) is 34.6 Å². The van der Waals surface area contributed by atoms with Crippen molar-refractivity contribution in [3.05, 3.63) is 47.0 Å². The molecular weight excluding hydrogens is 218 g/mol. The minimum atomic E-state index is -1.04. The van der Waals surface area contributed by atoms with Gasteiger partial charge in [-0.2, -0.15) is 0 Å². The van der Waals surface area contributed by atoms with Gasteiger partial charge in [-0.05, 0) is 32.0 Å². The van der Waals surface area contributed by atoms with Crippen molar-refractivity contribution in [1.29, 1.82) is 0 Å². The van der Waals surface area contributed by atoms with E-state index in [0.717, 1.165) is 5.57 Å². The molecule has 0 atom stereocenters. The average molecular weight is 233 g/mol. The Morgan fingerprint density at radius 1 is 1.29 bits per heavy atom. The topological polar surface area (TPSA) is 66.4 Å². The number of carboxylic acids is 1. The summed E-state index contributed by atoms with van der Waals surface area (Å²) in [6, 6.07) is 5.96. The van der Waals surface area contributed by atoms with E-state index in [4.69, 9.17) is 5.11 Å². The van der Waals surface area contributed by atoms with Crippen molar-refractivity contribution in [3.63, 3.8) is 0 Å². The van der Waals surface area contributed by atoms with E-state index in [-0.39, 0.29) is 11.5 Å². The van der Waals surface area contributed by atoms with Gasteiger partial charge < -0.3 is 10.4 Å². The van der Waals surface area contributed by atoms with Gasteiger partial charge in [0.2, 0.25) is 0 Å². The normalized spacial score (nSPS) is 9.53. The van der Waals surface area contributed by atoms with E-state index >= 15 is 0 Å². The summed E-state index contributed by atoms with van der Waals surface area (Å²) in [5.74, 6) is -1.31. The fourth-order valence-corrected chi connectivity index (χ4v) is 1.24. The number of carbonyl (C=O) groups excluding carboxylic acids is 1. The van der Waals surface area contributed by atoms with Crippen LogP contribution in [0, 0.1) is 0 Å². The highest BCUT2D eigenvalue weighted by atomic mass is 16.4. The Labute approximate surface area is 100.0 Å². The lowest BCUT2D eigenvalue weighted by Gasteiger charge is -2.03. The second-order valence-electron chi connectivity index (χ2n) is 3.88. The third-order valence-electron chi connectivity index (χ3n) is 2.14. The second-order valence-corrected chi connectivity index (χ2v) is 3.88. The van der Waals surface area contributed by atoms with E-state index < -0.39 is 5.97 Å². The van der Waals surface area contributed by atoms with Crippen molar-refractivity contribution >= 4 is 11.9 Å². The first-order valence-corrected chi connectivity index (χ1v) is 5.25. The number of nitrogens with one attached hydrogen (secondary N) is 1. The van der Waals surface area contributed by atoms with Gasteiger partial charge in [0.1, 0.15) is 0 Å². The summed E-state index contributed by atoms with van der Waals surface area (Å²) in [4.78, 5) is 22.4. The van der Waals surface area contributed by atoms with Gasteiger partial charge in [-0.15, -0.1) is 0 Å². The van der Waals surface area contributed by atoms with E-state index in [2.05, 4.69) is 5.32 Å². The van der Waals surface area contributed by atoms with Crippen LogP contribution >= 0.6 is 0 Å². The molecule has 1 rings (SSSR count). The zero-order chi connectivity index (χ0) is 12.8. The molecule has 0 saturated heterocycles. The summed E-state index contributed by atoms with van der Waals surface area (Å²) in [6.45, 7) is 4.33. The van der Waals surface area contributed by atoms with Crippen LogP contribution in [0.3, 0.4) is 0 Å². The van der Waals surface area contributed by atoms with Crippen LogP contribution in [-0.4, -0.2) is 23.5 Å². The van der Waals surface area contributed by atoms with Gasteiger partial charge in [0.05, 0.1) is 5.56 Å². The van der Waals surface area contributed by atoms with Crippen molar-refractivity contribution in [3.8, 4) is 0 Å². The predicted molar refractivity (Wildman–Crippen MR) is 65.2 cm³/mol. The SMILES string of the molecule is CC(C)=CCNC(=O)c1cccc(C(=O)O)c1. The zero-order valence-electron chi connectivity index (χ0n) is 9.86. The molecular formula is C13H15NO3. The van der Waals surface area contributed by atoms with Crippen molar-refractivity contribution in [2.24, 2.45) is 0 Å². The van der Waals surface area contributed by atoms with E-state index in [1.807, 2.05) is 19.9 Å². The lowest BCUT2D eigenvalue weighted by molar-refractivity contribution is 0.0697. The van der Waals surface area contributed by atoms with Crippen LogP contribution in [0.2, 0.25) is 0 Å². The van der Waals surface area contributed by atoms with E-state index in [0.29, 0.717) is 12.1 Å². The molecule has 1 amide bonds. The first-order chi connectivity index (χ1) is 8.00. The highest BCUT2D eigenvalue weighted by molar-refractivity contribution is 5.97. The largest absolute Gasteiger partial charge is 0.478 e. The van der Waals surface area contributed by atoms with Crippen LogP contribution in [0.4, 0.5) is 0 Å². The Bertz CT molecular complexity index is 459. The summed E-state index contributed by atoms with van der Waals surface area (Å²) in [7, 11) is 0. The molecule has 2 N–H and O–H groups in total. The van der Waals surface area contributed by atoms with Gasteiger partial charge in [0.15, 0.2) is 0 Å². The molecule has 17 heavy (non-hydrogen) atoms. The standard InChI is InChI=1S/C13H15NO3/c1-9(2)6-7-14-12(15)10-4-3-5-11(8-10)13(16)17/h3-6,8H,7H2,1-2H3,(H,14,15)(H,16,17). The van der Waals surface area contributed by atoms with E-state index in [1.165, 1.54) is 12.1 Å². The average Bonchev–Trinajstić information content (AvgIpc) is 2.28. The van der Waals surface area contributed by atoms with Crippen molar-refractivity contribution in [2.45, 2.75) is 13.8 Å². The molecule has 0 spiro atoms. The lowest BCUT2D eigenvalue weighted by atomic mass is 10.1. The van der Waals surface area contributed by atoms with Gasteiger partial charge in [-0.1, -0.05) is 17.7 Å². The highest BCUT2D eigenvalue weighted by Gasteiger charge is 2.08. The molecule has 0 heterocycles. The third kappa shape index (κ3) is 4.10. The Kier molecular flexibility index (Phi) is 4.46. The molecule has 4 nitrogen and oxygen atoms in total. The highest BCUT2D eigenvalue weighted by Crippen LogP contribution is 2.05. The molecule has 0 bridgehead atoms. The number of hydrogen-bond acceptors (Lipinski definition) is 2. The van der Waals surface area contributed by atoms with Gasteiger partial charge >= 0.3 is 5.97 Å². The third-order valence-corrected chi connectivity index (χ3v) is 2.14. The monoisotopic (exact) mass is 233 g/mol. The maximum Gasteiger partial charge on any atom is 0.335 e. The molecule has 90 valence electrons. The molecule has 0 fully saturated rings. The Hall–Kier alpha value is -2.10. The molecule has 1 aromatic rings. The number of allylic oxidation sites excluding steroid dienone is 1. The van der Waals surface area contributed by atoms with Crippen LogP contribution in [-0.2, 0) is 0 Å². The Morgan fingerprint density at radius 2 is 1.94 bits per heavy atom. The second kappa shape index (κ2) is 5.84. The van der Waals surface area contributed by atoms with Gasteiger partial charge in [-0.3, -0.25) is 4.79 Å². The number of benzene rings is 1. The zero-order valence-corrected chi connectivity index (χ0v) is 9.86. The molecule has 0 aliphatic rings. The molecule has 1 aromatic carbocycles. The minimum absolute atomic E-state index is 0.111. The minimum Gasteiger partial charge on any atom is -0.478 e. The van der Waals surface area contributed by atoms with Crippen molar-refractivity contribution in [1.82, 2.24) is 5.32 Å². The number of carboxylic acid groups (broad SMARTS) is 1. The lowest BCUT2D eigenvalue weighted by Crippen LogP contribution is -2.23. The number of amides is 1. The first kappa shape index (κ1) is 13.0. The van der Waals surface area contributed by atoms with Gasteiger partial charge in [0.25, 0.3) is 5.91 Å². The molecule has 0 aromatic heterocycles. The predicted octanol–water partition coefficient (Wildman–Crippen LogP) is 2.08. The smallest absolute Gasteiger partial charge is 0.335 e. The van der Waals surface area contributed by atoms with Crippen LogP contribution < -0.4 is 5.32 Å². The fourth-order valence-electron chi connectivity index (χ4n) is 1.24. The molecule has 0 unspecified atom stereocenters. The van der Waals surface area contributed by atoms with E-state index in [1.54, 1.807) is 12.1 Å². The molecule has 0 aliphatic heterocycles. The number of aromatic carboxylic acids is 1. The van der Waals surface area contributed by atoms with Crippen LogP contribution in [0.5, 0.6) is 0 Å². The Morgan fingerprint density at radius 3 is 2.53 bits per heavy atom. The summed E-state index contributed by atoms with van der Waals surface area (Å²) in [5, 5.41) is 11.5. The van der Waals surface area contributed by atoms with E-state index in [9.17, 15) is 9.59 Å². The fraction of sp³-hybridized carbons (Fsp3) is 0.231. The molecule has 0 saturated carbocycles. The summed E-state index contributed by atoms with van der Waals surface area (Å²) < 4.78 is 0. The molecule has 0 aliphatic carbocycles. The maximum atomic E-state index is 11.7. The molecule has 4 heteroatoms. The number of rotatable bonds is 4. The van der Waals surface area contributed by atoms with Gasteiger partial charge in [-0.25, -0.2) is 4.79 Å². The summed E-state index contributed by atoms with van der Waals surface area (Å²) in [6.07, 6.45) is 1.89. The first-order valence-electron chi connectivity index (χ1n) is 5.25. The quantitative estimate of drug-likeness (QED) is 0.782. The number of carbonyl (C=O) groups is 2. The van der Waals surface area contributed by atoms with Crippen LogP contribution in [0.15, 0.2) is 35.9 Å². The Balaban J connectivity index is 2.72. The summed E-state index contributed by atoms with van der Waals surface area (Å²) in [5.41, 5.74) is 1.58. The molecule has 0 radical (unpaired) electrons.